The van der Waals surface area contributed by atoms with E-state index in [0.717, 1.165) is 29.7 Å². The maximum Gasteiger partial charge on any atom is 0.126 e. The molecule has 0 saturated heterocycles. The van der Waals surface area contributed by atoms with Crippen molar-refractivity contribution >= 4 is 0 Å². The molecular weight excluding hydrogens is 188 g/mol. The molecular formula is C13H20O2. The van der Waals surface area contributed by atoms with E-state index in [4.69, 9.17) is 4.74 Å². The second kappa shape index (κ2) is 5.64. The van der Waals surface area contributed by atoms with E-state index in [2.05, 4.69) is 6.92 Å². The number of unbranched alkanes of at least 4 members (excludes halogenated alkanes) is 1. The highest BCUT2D eigenvalue weighted by molar-refractivity contribution is 5.46. The number of phenolic OH excluding ortho intramolecular Hbond substituents is 1. The molecule has 1 rings (SSSR count). The third kappa shape index (κ3) is 3.15. The van der Waals surface area contributed by atoms with Gasteiger partial charge >= 0.3 is 0 Å². The normalized spacial score (nSPS) is 10.3. The van der Waals surface area contributed by atoms with Crippen molar-refractivity contribution in [2.75, 3.05) is 6.61 Å². The zero-order chi connectivity index (χ0) is 11.3. The number of hydrogen-bond donors (Lipinski definition) is 1. The maximum absolute atomic E-state index is 9.73. The Hall–Kier alpha value is -1.18. The van der Waals surface area contributed by atoms with Gasteiger partial charge in [-0.25, -0.2) is 0 Å². The first-order valence-electron chi connectivity index (χ1n) is 5.64. The standard InChI is InChI=1S/C13H20O2/c1-4-6-7-11-8-12(14)10(3)13(9-11)15-5-2/h8-9,14H,4-7H2,1-3H3. The van der Waals surface area contributed by atoms with Crippen LogP contribution in [0.5, 0.6) is 11.5 Å². The van der Waals surface area contributed by atoms with Crippen LogP contribution >= 0.6 is 0 Å². The molecule has 0 atom stereocenters. The van der Waals surface area contributed by atoms with Crippen LogP contribution < -0.4 is 4.74 Å². The molecule has 1 aromatic carbocycles. The summed E-state index contributed by atoms with van der Waals surface area (Å²) in [6, 6.07) is 3.88. The fourth-order valence-corrected chi connectivity index (χ4v) is 1.56. The summed E-state index contributed by atoms with van der Waals surface area (Å²) in [5.74, 6) is 1.15. The van der Waals surface area contributed by atoms with Gasteiger partial charge in [0.15, 0.2) is 0 Å². The van der Waals surface area contributed by atoms with E-state index in [0.29, 0.717) is 12.4 Å². The monoisotopic (exact) mass is 208 g/mol. The lowest BCUT2D eigenvalue weighted by atomic mass is 10.0. The predicted octanol–water partition coefficient (Wildman–Crippen LogP) is 3.44. The van der Waals surface area contributed by atoms with Crippen molar-refractivity contribution in [1.82, 2.24) is 0 Å². The Morgan fingerprint density at radius 3 is 2.60 bits per heavy atom. The van der Waals surface area contributed by atoms with Crippen LogP contribution in [0.25, 0.3) is 0 Å². The lowest BCUT2D eigenvalue weighted by molar-refractivity contribution is 0.334. The number of rotatable bonds is 5. The Labute approximate surface area is 91.9 Å². The molecule has 0 heterocycles. The number of aryl methyl sites for hydroxylation is 1. The second-order valence-electron chi connectivity index (χ2n) is 3.77. The first kappa shape index (κ1) is 11.9. The summed E-state index contributed by atoms with van der Waals surface area (Å²) in [6.07, 6.45) is 3.32. The number of aromatic hydroxyl groups is 1. The van der Waals surface area contributed by atoms with Crippen LogP contribution in [0.2, 0.25) is 0 Å². The molecule has 0 radical (unpaired) electrons. The molecule has 0 amide bonds. The zero-order valence-electron chi connectivity index (χ0n) is 9.84. The fourth-order valence-electron chi connectivity index (χ4n) is 1.56. The summed E-state index contributed by atoms with van der Waals surface area (Å²) in [5.41, 5.74) is 1.99. The molecule has 0 saturated carbocycles. The molecule has 0 aromatic heterocycles. The van der Waals surface area contributed by atoms with Gasteiger partial charge in [0, 0.05) is 5.56 Å². The Morgan fingerprint density at radius 2 is 2.00 bits per heavy atom. The van der Waals surface area contributed by atoms with Crippen LogP contribution in [0.4, 0.5) is 0 Å². The molecule has 0 spiro atoms. The minimum atomic E-state index is 0.340. The van der Waals surface area contributed by atoms with Gasteiger partial charge in [0.05, 0.1) is 6.61 Å². The van der Waals surface area contributed by atoms with Crippen LogP contribution in [-0.4, -0.2) is 11.7 Å². The topological polar surface area (TPSA) is 29.5 Å². The molecule has 0 aliphatic carbocycles. The van der Waals surface area contributed by atoms with Gasteiger partial charge in [0.2, 0.25) is 0 Å². The average molecular weight is 208 g/mol. The molecule has 1 N–H and O–H groups in total. The van der Waals surface area contributed by atoms with E-state index in [1.807, 2.05) is 26.0 Å². The van der Waals surface area contributed by atoms with E-state index in [1.54, 1.807) is 0 Å². The van der Waals surface area contributed by atoms with Gasteiger partial charge in [-0.05, 0) is 44.4 Å². The number of hydrogen-bond acceptors (Lipinski definition) is 2. The van der Waals surface area contributed by atoms with Gasteiger partial charge in [0.25, 0.3) is 0 Å². The summed E-state index contributed by atoms with van der Waals surface area (Å²) >= 11 is 0. The third-order valence-electron chi connectivity index (χ3n) is 2.51. The van der Waals surface area contributed by atoms with Crippen LogP contribution in [0.3, 0.4) is 0 Å². The highest BCUT2D eigenvalue weighted by Crippen LogP contribution is 2.29. The van der Waals surface area contributed by atoms with Gasteiger partial charge in [0.1, 0.15) is 11.5 Å². The van der Waals surface area contributed by atoms with Crippen LogP contribution in [-0.2, 0) is 6.42 Å². The summed E-state index contributed by atoms with van der Waals surface area (Å²) in [4.78, 5) is 0. The predicted molar refractivity (Wildman–Crippen MR) is 62.6 cm³/mol. The maximum atomic E-state index is 9.73. The number of ether oxygens (including phenoxy) is 1. The number of benzene rings is 1. The molecule has 0 bridgehead atoms. The van der Waals surface area contributed by atoms with Gasteiger partial charge in [-0.15, -0.1) is 0 Å². The quantitative estimate of drug-likeness (QED) is 0.803. The second-order valence-corrected chi connectivity index (χ2v) is 3.77. The van der Waals surface area contributed by atoms with Crippen molar-refractivity contribution in [2.24, 2.45) is 0 Å². The van der Waals surface area contributed by atoms with Gasteiger partial charge in [-0.2, -0.15) is 0 Å². The average Bonchev–Trinajstić information content (AvgIpc) is 2.22. The molecule has 84 valence electrons. The van der Waals surface area contributed by atoms with Crippen molar-refractivity contribution in [3.05, 3.63) is 23.3 Å². The molecule has 0 unspecified atom stereocenters. The van der Waals surface area contributed by atoms with Gasteiger partial charge in [-0.3, -0.25) is 0 Å². The summed E-state index contributed by atoms with van der Waals surface area (Å²) < 4.78 is 5.48. The Kier molecular flexibility index (Phi) is 4.47. The molecule has 0 aliphatic rings. The SMILES string of the molecule is CCCCc1cc(O)c(C)c(OCC)c1. The molecule has 15 heavy (non-hydrogen) atoms. The lowest BCUT2D eigenvalue weighted by Crippen LogP contribution is -1.96. The van der Waals surface area contributed by atoms with Crippen molar-refractivity contribution in [3.63, 3.8) is 0 Å². The fraction of sp³-hybridized carbons (Fsp3) is 0.538. The highest BCUT2D eigenvalue weighted by atomic mass is 16.5. The smallest absolute Gasteiger partial charge is 0.126 e. The first-order chi connectivity index (χ1) is 7.19. The summed E-state index contributed by atoms with van der Waals surface area (Å²) in [7, 11) is 0. The Balaban J connectivity index is 2.90. The minimum Gasteiger partial charge on any atom is -0.508 e. The number of phenols is 1. The minimum absolute atomic E-state index is 0.340. The molecule has 0 fully saturated rings. The van der Waals surface area contributed by atoms with Gasteiger partial charge in [-0.1, -0.05) is 13.3 Å². The van der Waals surface area contributed by atoms with E-state index in [9.17, 15) is 5.11 Å². The molecule has 2 heteroatoms. The Morgan fingerprint density at radius 1 is 1.27 bits per heavy atom. The molecule has 1 aromatic rings. The highest BCUT2D eigenvalue weighted by Gasteiger charge is 2.06. The van der Waals surface area contributed by atoms with Crippen LogP contribution in [0.1, 0.15) is 37.8 Å². The Bertz CT molecular complexity index is 319. The molecule has 2 nitrogen and oxygen atoms in total. The van der Waals surface area contributed by atoms with Gasteiger partial charge < -0.3 is 9.84 Å². The summed E-state index contributed by atoms with van der Waals surface area (Å²) in [6.45, 7) is 6.63. The van der Waals surface area contributed by atoms with Crippen molar-refractivity contribution in [3.8, 4) is 11.5 Å². The molecule has 0 aliphatic heterocycles. The van der Waals surface area contributed by atoms with E-state index in [-0.39, 0.29) is 0 Å². The van der Waals surface area contributed by atoms with E-state index < -0.39 is 0 Å². The largest absolute Gasteiger partial charge is 0.508 e. The van der Waals surface area contributed by atoms with E-state index >= 15 is 0 Å². The zero-order valence-corrected chi connectivity index (χ0v) is 9.84. The third-order valence-corrected chi connectivity index (χ3v) is 2.51. The van der Waals surface area contributed by atoms with Crippen LogP contribution in [0, 0.1) is 6.92 Å². The first-order valence-corrected chi connectivity index (χ1v) is 5.64. The summed E-state index contributed by atoms with van der Waals surface area (Å²) in [5, 5.41) is 9.73. The lowest BCUT2D eigenvalue weighted by Gasteiger charge is -2.11. The van der Waals surface area contributed by atoms with Crippen molar-refractivity contribution in [1.29, 1.82) is 0 Å². The van der Waals surface area contributed by atoms with E-state index in [1.165, 1.54) is 6.42 Å². The van der Waals surface area contributed by atoms with Crippen LogP contribution in [0.15, 0.2) is 12.1 Å². The van der Waals surface area contributed by atoms with Crippen molar-refractivity contribution in [2.45, 2.75) is 40.0 Å². The van der Waals surface area contributed by atoms with Crippen molar-refractivity contribution < 1.29 is 9.84 Å².